The first-order valence-electron chi connectivity index (χ1n) is 11.4. The van der Waals surface area contributed by atoms with Crippen LogP contribution in [0.2, 0.25) is 0 Å². The van der Waals surface area contributed by atoms with Crippen LogP contribution in [-0.4, -0.2) is 30.2 Å². The van der Waals surface area contributed by atoms with Gasteiger partial charge in [-0.15, -0.1) is 0 Å². The van der Waals surface area contributed by atoms with Crippen LogP contribution in [-0.2, 0) is 24.3 Å². The van der Waals surface area contributed by atoms with Gasteiger partial charge in [0, 0.05) is 42.4 Å². The number of rotatable bonds is 7. The molecule has 0 fully saturated rings. The van der Waals surface area contributed by atoms with Gasteiger partial charge in [0.25, 0.3) is 5.56 Å². The summed E-state index contributed by atoms with van der Waals surface area (Å²) in [6.45, 7) is 2.55. The number of nitrogens with two attached hydrogens (primary N) is 1. The van der Waals surface area contributed by atoms with Crippen LogP contribution in [0.3, 0.4) is 0 Å². The number of fused-ring (bicyclic) bond motifs is 1. The highest BCUT2D eigenvalue weighted by atomic mass is 16.2. The number of aryl methyl sites for hydroxylation is 2. The molecular formula is C25H26N8O2. The summed E-state index contributed by atoms with van der Waals surface area (Å²) in [5.41, 5.74) is 9.65. The van der Waals surface area contributed by atoms with E-state index in [9.17, 15) is 9.59 Å². The lowest BCUT2D eigenvalue weighted by Gasteiger charge is -2.16. The molecule has 0 bridgehead atoms. The van der Waals surface area contributed by atoms with E-state index < -0.39 is 6.04 Å². The van der Waals surface area contributed by atoms with Gasteiger partial charge in [0.15, 0.2) is 5.82 Å². The van der Waals surface area contributed by atoms with Gasteiger partial charge in [-0.05, 0) is 43.5 Å². The van der Waals surface area contributed by atoms with Gasteiger partial charge in [0.05, 0.1) is 11.9 Å². The van der Waals surface area contributed by atoms with Crippen LogP contribution in [0, 0.1) is 6.92 Å². The molecule has 0 radical (unpaired) electrons. The molecule has 0 saturated heterocycles. The van der Waals surface area contributed by atoms with Crippen LogP contribution < -0.4 is 21.9 Å². The van der Waals surface area contributed by atoms with Crippen molar-refractivity contribution in [3.8, 4) is 5.69 Å². The molecule has 10 heteroatoms. The molecule has 1 aliphatic heterocycles. The second-order valence-electron chi connectivity index (χ2n) is 8.51. The first-order valence-corrected chi connectivity index (χ1v) is 11.4. The highest BCUT2D eigenvalue weighted by molar-refractivity contribution is 5.81. The van der Waals surface area contributed by atoms with Gasteiger partial charge in [-0.25, -0.2) is 14.6 Å². The predicted octanol–water partition coefficient (Wildman–Crippen LogP) is 2.13. The average molecular weight is 471 g/mol. The lowest BCUT2D eigenvalue weighted by molar-refractivity contribution is -0.124. The SMILES string of the molecule is Cc1nc(N)ccc1CNC(=O)[C@@H]1CCc2cnc(NCc3cnn(-c4ccccc4)c3)c(=O)n21. The second-order valence-corrected chi connectivity index (χ2v) is 8.51. The molecule has 0 unspecified atom stereocenters. The Morgan fingerprint density at radius 3 is 2.77 bits per heavy atom. The Morgan fingerprint density at radius 2 is 1.97 bits per heavy atom. The molecule has 35 heavy (non-hydrogen) atoms. The van der Waals surface area contributed by atoms with Crippen molar-refractivity contribution < 1.29 is 4.79 Å². The van der Waals surface area contributed by atoms with Gasteiger partial charge in [-0.3, -0.25) is 14.2 Å². The largest absolute Gasteiger partial charge is 0.384 e. The summed E-state index contributed by atoms with van der Waals surface area (Å²) in [6, 6.07) is 12.8. The fourth-order valence-electron chi connectivity index (χ4n) is 4.27. The molecule has 10 nitrogen and oxygen atoms in total. The molecule has 1 amide bonds. The lowest BCUT2D eigenvalue weighted by atomic mass is 10.1. The summed E-state index contributed by atoms with van der Waals surface area (Å²) in [4.78, 5) is 34.7. The van der Waals surface area contributed by atoms with Crippen molar-refractivity contribution >= 4 is 17.5 Å². The molecule has 3 aromatic heterocycles. The Balaban J connectivity index is 1.27. The van der Waals surface area contributed by atoms with Gasteiger partial charge in [0.1, 0.15) is 11.9 Å². The molecule has 1 aromatic carbocycles. The predicted molar refractivity (Wildman–Crippen MR) is 132 cm³/mol. The number of nitrogen functional groups attached to an aromatic ring is 1. The third-order valence-corrected chi connectivity index (χ3v) is 6.15. The molecule has 0 spiro atoms. The monoisotopic (exact) mass is 470 g/mol. The van der Waals surface area contributed by atoms with E-state index in [1.807, 2.05) is 49.5 Å². The Hall–Kier alpha value is -4.47. The van der Waals surface area contributed by atoms with Crippen molar-refractivity contribution in [1.82, 2.24) is 29.6 Å². The van der Waals surface area contributed by atoms with E-state index >= 15 is 0 Å². The number of carbonyl (C=O) groups is 1. The minimum absolute atomic E-state index is 0.205. The zero-order chi connectivity index (χ0) is 24.4. The van der Waals surface area contributed by atoms with Crippen LogP contribution in [0.25, 0.3) is 5.69 Å². The molecule has 0 aliphatic carbocycles. The van der Waals surface area contributed by atoms with Crippen molar-refractivity contribution in [2.45, 2.75) is 38.9 Å². The number of nitrogens with one attached hydrogen (secondary N) is 2. The number of hydrogen-bond donors (Lipinski definition) is 3. The highest BCUT2D eigenvalue weighted by Crippen LogP contribution is 2.24. The molecule has 1 atom stereocenters. The van der Waals surface area contributed by atoms with Gasteiger partial charge >= 0.3 is 0 Å². The molecular weight excluding hydrogens is 444 g/mol. The Labute approximate surface area is 201 Å². The van der Waals surface area contributed by atoms with Crippen LogP contribution >= 0.6 is 0 Å². The number of para-hydroxylation sites is 1. The van der Waals surface area contributed by atoms with Crippen molar-refractivity contribution in [1.29, 1.82) is 0 Å². The molecule has 0 saturated carbocycles. The van der Waals surface area contributed by atoms with E-state index in [0.29, 0.717) is 31.7 Å². The van der Waals surface area contributed by atoms with Crippen molar-refractivity contribution in [2.75, 3.05) is 11.1 Å². The Kier molecular flexibility index (Phi) is 6.01. The minimum Gasteiger partial charge on any atom is -0.384 e. The Morgan fingerprint density at radius 1 is 1.14 bits per heavy atom. The highest BCUT2D eigenvalue weighted by Gasteiger charge is 2.30. The number of anilines is 2. The number of pyridine rings is 1. The van der Waals surface area contributed by atoms with E-state index in [1.165, 1.54) is 0 Å². The van der Waals surface area contributed by atoms with E-state index in [0.717, 1.165) is 28.2 Å². The topological polar surface area (TPSA) is 133 Å². The quantitative estimate of drug-likeness (QED) is 0.377. The second kappa shape index (κ2) is 9.41. The minimum atomic E-state index is -0.580. The standard InChI is InChI=1S/C25H26N8O2/c1-16-18(7-10-22(26)31-16)13-29-24(34)21-9-8-20-14-28-23(25(35)33(20)21)27-11-17-12-30-32(15-17)19-5-3-2-4-6-19/h2-7,10,12,14-15,21H,8-9,11,13H2,1H3,(H2,26,31)(H,27,28)(H,29,34)/t21-/m0/s1. The molecule has 4 N–H and O–H groups in total. The number of nitrogens with zero attached hydrogens (tertiary/aromatic N) is 5. The van der Waals surface area contributed by atoms with Crippen LogP contribution in [0.1, 0.15) is 35.0 Å². The third kappa shape index (κ3) is 4.63. The number of benzene rings is 1. The van der Waals surface area contributed by atoms with Crippen molar-refractivity contribution in [2.24, 2.45) is 0 Å². The van der Waals surface area contributed by atoms with E-state index in [2.05, 4.69) is 25.7 Å². The molecule has 5 rings (SSSR count). The number of aromatic nitrogens is 5. The number of amides is 1. The summed E-state index contributed by atoms with van der Waals surface area (Å²) in [7, 11) is 0. The average Bonchev–Trinajstić information content (AvgIpc) is 3.51. The summed E-state index contributed by atoms with van der Waals surface area (Å²) < 4.78 is 3.32. The molecule has 4 aromatic rings. The van der Waals surface area contributed by atoms with E-state index in [1.54, 1.807) is 27.7 Å². The van der Waals surface area contributed by atoms with Gasteiger partial charge < -0.3 is 16.4 Å². The van der Waals surface area contributed by atoms with Crippen LogP contribution in [0.5, 0.6) is 0 Å². The lowest BCUT2D eigenvalue weighted by Crippen LogP contribution is -2.36. The summed E-state index contributed by atoms with van der Waals surface area (Å²) >= 11 is 0. The fraction of sp³-hybridized carbons (Fsp3) is 0.240. The van der Waals surface area contributed by atoms with Gasteiger partial charge in [-0.1, -0.05) is 24.3 Å². The maximum atomic E-state index is 13.2. The normalized spacial score (nSPS) is 14.5. The first kappa shape index (κ1) is 22.3. The van der Waals surface area contributed by atoms with Gasteiger partial charge in [-0.2, -0.15) is 5.10 Å². The maximum absolute atomic E-state index is 13.2. The molecule has 178 valence electrons. The molecule has 4 heterocycles. The van der Waals surface area contributed by atoms with Crippen molar-refractivity contribution in [3.63, 3.8) is 0 Å². The fourth-order valence-corrected chi connectivity index (χ4v) is 4.27. The van der Waals surface area contributed by atoms with E-state index in [-0.39, 0.29) is 17.3 Å². The smallest absolute Gasteiger partial charge is 0.294 e. The van der Waals surface area contributed by atoms with Crippen molar-refractivity contribution in [3.05, 3.63) is 93.9 Å². The zero-order valence-corrected chi connectivity index (χ0v) is 19.3. The zero-order valence-electron chi connectivity index (χ0n) is 19.3. The maximum Gasteiger partial charge on any atom is 0.294 e. The summed E-state index contributed by atoms with van der Waals surface area (Å²) in [5, 5.41) is 10.4. The first-order chi connectivity index (χ1) is 17.0. The summed E-state index contributed by atoms with van der Waals surface area (Å²) in [6.07, 6.45) is 6.48. The van der Waals surface area contributed by atoms with Crippen LogP contribution in [0.15, 0.2) is 65.8 Å². The Bertz CT molecular complexity index is 1430. The van der Waals surface area contributed by atoms with E-state index in [4.69, 9.17) is 5.73 Å². The number of hydrogen-bond acceptors (Lipinski definition) is 7. The summed E-state index contributed by atoms with van der Waals surface area (Å²) in [5.74, 6) is 0.441. The molecule has 1 aliphatic rings. The van der Waals surface area contributed by atoms with Crippen LogP contribution in [0.4, 0.5) is 11.6 Å². The number of carbonyl (C=O) groups excluding carboxylic acids is 1. The third-order valence-electron chi connectivity index (χ3n) is 6.15. The van der Waals surface area contributed by atoms with Gasteiger partial charge in [0.2, 0.25) is 5.91 Å².